The lowest BCUT2D eigenvalue weighted by Crippen LogP contribution is -2.39. The van der Waals surface area contributed by atoms with Crippen molar-refractivity contribution in [2.45, 2.75) is 32.2 Å². The Morgan fingerprint density at radius 2 is 1.95 bits per heavy atom. The second-order valence-electron chi connectivity index (χ2n) is 9.06. The van der Waals surface area contributed by atoms with E-state index < -0.39 is 5.82 Å². The molecule has 0 saturated carbocycles. The van der Waals surface area contributed by atoms with Crippen molar-refractivity contribution in [3.8, 4) is 17.2 Å². The van der Waals surface area contributed by atoms with Gasteiger partial charge in [-0.15, -0.1) is 0 Å². The van der Waals surface area contributed by atoms with Gasteiger partial charge in [0.05, 0.1) is 19.6 Å². The first-order valence-electron chi connectivity index (χ1n) is 12.5. The van der Waals surface area contributed by atoms with E-state index in [0.717, 1.165) is 0 Å². The smallest absolute Gasteiger partial charge is 0.251 e. The summed E-state index contributed by atoms with van der Waals surface area (Å²) >= 11 is 0. The van der Waals surface area contributed by atoms with Crippen LogP contribution in [0.15, 0.2) is 36.4 Å². The zero-order valence-corrected chi connectivity index (χ0v) is 20.9. The highest BCUT2D eigenvalue weighted by atomic mass is 19.1. The largest absolute Gasteiger partial charge is 0.493 e. The van der Waals surface area contributed by atoms with Crippen LogP contribution in [0.25, 0.3) is 0 Å². The molecule has 10 heteroatoms. The lowest BCUT2D eigenvalue weighted by Gasteiger charge is -2.25. The number of benzene rings is 2. The summed E-state index contributed by atoms with van der Waals surface area (Å²) in [4.78, 5) is 40.0. The molecule has 9 nitrogen and oxygen atoms in total. The molecule has 1 saturated heterocycles. The van der Waals surface area contributed by atoms with E-state index in [0.29, 0.717) is 69.2 Å². The summed E-state index contributed by atoms with van der Waals surface area (Å²) in [6.45, 7) is 2.13. The Morgan fingerprint density at radius 3 is 2.73 bits per heavy atom. The van der Waals surface area contributed by atoms with E-state index in [1.807, 2.05) is 0 Å². The predicted molar refractivity (Wildman–Crippen MR) is 133 cm³/mol. The van der Waals surface area contributed by atoms with Crippen molar-refractivity contribution in [1.82, 2.24) is 15.5 Å². The number of nitrogens with zero attached hydrogens (tertiary/aromatic N) is 1. The molecule has 37 heavy (non-hydrogen) atoms. The Kier molecular flexibility index (Phi) is 8.95. The van der Waals surface area contributed by atoms with Crippen LogP contribution in [0.5, 0.6) is 17.2 Å². The van der Waals surface area contributed by atoms with E-state index in [1.165, 1.54) is 19.2 Å². The average molecular weight is 514 g/mol. The molecule has 0 aromatic heterocycles. The molecule has 2 N–H and O–H groups in total. The number of fused-ring (bicyclic) bond motifs is 13. The third kappa shape index (κ3) is 6.76. The SMILES string of the molecule is COc1cc2ccc1Oc1cccc(F)c1CNC(=O)CCCN(C(=O)C1CCOC1)CCCNC2=O. The average Bonchev–Trinajstić information content (AvgIpc) is 3.44. The number of halogens is 1. The van der Waals surface area contributed by atoms with Gasteiger partial charge >= 0.3 is 0 Å². The monoisotopic (exact) mass is 513 g/mol. The minimum atomic E-state index is -0.519. The number of carbonyl (C=O) groups is 3. The number of hydrogen-bond donors (Lipinski definition) is 2. The molecular formula is C27H32FN3O6. The number of amides is 3. The molecule has 198 valence electrons. The summed E-state index contributed by atoms with van der Waals surface area (Å²) in [7, 11) is 1.45. The lowest BCUT2D eigenvalue weighted by atomic mass is 10.1. The minimum Gasteiger partial charge on any atom is -0.493 e. The maximum absolute atomic E-state index is 14.7. The summed E-state index contributed by atoms with van der Waals surface area (Å²) in [5.74, 6) is -0.401. The van der Waals surface area contributed by atoms with Crippen LogP contribution in [-0.4, -0.2) is 62.6 Å². The van der Waals surface area contributed by atoms with Crippen LogP contribution in [-0.2, 0) is 20.9 Å². The highest BCUT2D eigenvalue weighted by Gasteiger charge is 2.28. The van der Waals surface area contributed by atoms with E-state index in [4.69, 9.17) is 14.2 Å². The molecule has 1 fully saturated rings. The molecule has 3 aliphatic heterocycles. The standard InChI is InChI=1S/C27H32FN3O6/c1-35-24-15-18-8-9-23(24)37-22-6-2-5-21(28)20(22)16-30-25(32)7-3-12-31(13-4-11-29-26(18)33)27(34)19-10-14-36-17-19/h2,5-6,8-9,15,19H,3-4,7,10-14,16-17H2,1H3,(H,29,33)(H,30,32). The molecule has 3 aliphatic rings. The van der Waals surface area contributed by atoms with E-state index in [2.05, 4.69) is 10.6 Å². The van der Waals surface area contributed by atoms with Crippen LogP contribution in [0, 0.1) is 11.7 Å². The molecule has 2 aromatic carbocycles. The van der Waals surface area contributed by atoms with Gasteiger partial charge in [-0.25, -0.2) is 4.39 Å². The number of rotatable bonds is 2. The Labute approximate surface area is 215 Å². The fraction of sp³-hybridized carbons (Fsp3) is 0.444. The molecule has 0 aliphatic carbocycles. The van der Waals surface area contributed by atoms with Crippen LogP contribution in [0.2, 0.25) is 0 Å². The summed E-state index contributed by atoms with van der Waals surface area (Å²) < 4.78 is 31.4. The van der Waals surface area contributed by atoms with Gasteiger partial charge in [-0.2, -0.15) is 0 Å². The summed E-state index contributed by atoms with van der Waals surface area (Å²) in [6, 6.07) is 9.14. The van der Waals surface area contributed by atoms with Crippen molar-refractivity contribution in [3.63, 3.8) is 0 Å². The van der Waals surface area contributed by atoms with Gasteiger partial charge < -0.3 is 29.7 Å². The van der Waals surface area contributed by atoms with Crippen LogP contribution >= 0.6 is 0 Å². The maximum atomic E-state index is 14.7. The van der Waals surface area contributed by atoms with Gasteiger partial charge in [0.25, 0.3) is 5.91 Å². The number of nitrogens with one attached hydrogen (secondary N) is 2. The van der Waals surface area contributed by atoms with Crippen LogP contribution in [0.3, 0.4) is 0 Å². The Balaban J connectivity index is 1.56. The minimum absolute atomic E-state index is 0.00333. The molecule has 3 amide bonds. The molecule has 2 aromatic rings. The van der Waals surface area contributed by atoms with Gasteiger partial charge in [0, 0.05) is 50.3 Å². The molecule has 5 rings (SSSR count). The quantitative estimate of drug-likeness (QED) is 0.640. The second-order valence-corrected chi connectivity index (χ2v) is 9.06. The van der Waals surface area contributed by atoms with Crippen molar-refractivity contribution < 1.29 is 33.0 Å². The molecule has 0 spiro atoms. The second kappa shape index (κ2) is 12.5. The molecular weight excluding hydrogens is 481 g/mol. The zero-order valence-electron chi connectivity index (χ0n) is 20.9. The molecule has 0 radical (unpaired) electrons. The van der Waals surface area contributed by atoms with Gasteiger partial charge in [-0.1, -0.05) is 6.07 Å². The summed E-state index contributed by atoms with van der Waals surface area (Å²) in [5.41, 5.74) is 0.570. The van der Waals surface area contributed by atoms with Crippen molar-refractivity contribution in [2.24, 2.45) is 5.92 Å². The van der Waals surface area contributed by atoms with E-state index in [9.17, 15) is 18.8 Å². The highest BCUT2D eigenvalue weighted by Crippen LogP contribution is 2.34. The van der Waals surface area contributed by atoms with Crippen LogP contribution in [0.1, 0.15) is 41.6 Å². The lowest BCUT2D eigenvalue weighted by molar-refractivity contribution is -0.136. The molecule has 1 unspecified atom stereocenters. The van der Waals surface area contributed by atoms with Gasteiger partial charge in [-0.3, -0.25) is 14.4 Å². The topological polar surface area (TPSA) is 106 Å². The third-order valence-corrected chi connectivity index (χ3v) is 6.50. The number of carbonyl (C=O) groups excluding carboxylic acids is 3. The summed E-state index contributed by atoms with van der Waals surface area (Å²) in [6.07, 6.45) is 1.88. The Bertz CT molecular complexity index is 1140. The predicted octanol–water partition coefficient (Wildman–Crippen LogP) is 3.02. The zero-order chi connectivity index (χ0) is 26.2. The van der Waals surface area contributed by atoms with Crippen molar-refractivity contribution >= 4 is 17.7 Å². The van der Waals surface area contributed by atoms with Crippen molar-refractivity contribution in [1.29, 1.82) is 0 Å². The van der Waals surface area contributed by atoms with Gasteiger partial charge in [0.2, 0.25) is 11.8 Å². The van der Waals surface area contributed by atoms with E-state index >= 15 is 0 Å². The number of methoxy groups -OCH3 is 1. The van der Waals surface area contributed by atoms with Gasteiger partial charge in [0.1, 0.15) is 11.6 Å². The van der Waals surface area contributed by atoms with Crippen molar-refractivity contribution in [3.05, 3.63) is 53.3 Å². The molecule has 3 heterocycles. The number of hydrogen-bond acceptors (Lipinski definition) is 6. The first-order chi connectivity index (χ1) is 18.0. The molecule has 1 atom stereocenters. The highest BCUT2D eigenvalue weighted by molar-refractivity contribution is 5.94. The summed E-state index contributed by atoms with van der Waals surface area (Å²) in [5, 5.41) is 5.62. The van der Waals surface area contributed by atoms with Crippen molar-refractivity contribution in [2.75, 3.05) is 40.0 Å². The third-order valence-electron chi connectivity index (χ3n) is 6.50. The first-order valence-corrected chi connectivity index (χ1v) is 12.5. The van der Waals surface area contributed by atoms with Gasteiger partial charge in [0.15, 0.2) is 11.5 Å². The maximum Gasteiger partial charge on any atom is 0.251 e. The van der Waals surface area contributed by atoms with Crippen LogP contribution in [0.4, 0.5) is 4.39 Å². The molecule has 2 bridgehead atoms. The Morgan fingerprint density at radius 1 is 1.11 bits per heavy atom. The van der Waals surface area contributed by atoms with E-state index in [1.54, 1.807) is 29.2 Å². The first kappa shape index (κ1) is 26.4. The fourth-order valence-electron chi connectivity index (χ4n) is 4.42. The van der Waals surface area contributed by atoms with Gasteiger partial charge in [-0.05, 0) is 49.6 Å². The fourth-order valence-corrected chi connectivity index (χ4v) is 4.42. The normalized spacial score (nSPS) is 19.5. The Hall–Kier alpha value is -3.66. The number of ether oxygens (including phenoxy) is 3. The van der Waals surface area contributed by atoms with E-state index in [-0.39, 0.29) is 47.9 Å². The van der Waals surface area contributed by atoms with Crippen LogP contribution < -0.4 is 20.1 Å².